The van der Waals surface area contributed by atoms with E-state index in [1.807, 2.05) is 37.3 Å². The number of ether oxygens (including phenoxy) is 1. The number of primary amides is 1. The average Bonchev–Trinajstić information content (AvgIpc) is 2.98. The molecule has 0 bridgehead atoms. The highest BCUT2D eigenvalue weighted by atomic mass is 16.5. The SMILES string of the molecule is CCC1OCC(=O)C1NC(=O)[CH]CC(C)(CCc1ccccc1)C(N)=O. The maximum absolute atomic E-state index is 12.2. The van der Waals surface area contributed by atoms with Gasteiger partial charge in [-0.1, -0.05) is 44.2 Å². The lowest BCUT2D eigenvalue weighted by molar-refractivity contribution is -0.128. The first-order chi connectivity index (χ1) is 12.4. The summed E-state index contributed by atoms with van der Waals surface area (Å²) in [4.78, 5) is 36.0. The van der Waals surface area contributed by atoms with Gasteiger partial charge in [0.25, 0.3) is 0 Å². The molecular formula is C20H27N2O4. The molecule has 1 aromatic carbocycles. The van der Waals surface area contributed by atoms with Gasteiger partial charge in [-0.05, 0) is 31.2 Å². The molecule has 1 aliphatic rings. The summed E-state index contributed by atoms with van der Waals surface area (Å²) in [5, 5.41) is 2.69. The van der Waals surface area contributed by atoms with E-state index < -0.39 is 17.4 Å². The van der Waals surface area contributed by atoms with Crippen molar-refractivity contribution in [3.05, 3.63) is 42.3 Å². The first-order valence-electron chi connectivity index (χ1n) is 8.97. The lowest BCUT2D eigenvalue weighted by Gasteiger charge is -2.26. The minimum Gasteiger partial charge on any atom is -0.369 e. The molecule has 6 nitrogen and oxygen atoms in total. The molecule has 1 heterocycles. The van der Waals surface area contributed by atoms with E-state index in [1.54, 1.807) is 6.92 Å². The summed E-state index contributed by atoms with van der Waals surface area (Å²) >= 11 is 0. The number of Topliss-reactive ketones (excluding diaryl/α,β-unsaturated/α-hetero) is 1. The topological polar surface area (TPSA) is 98.5 Å². The molecule has 2 rings (SSSR count). The van der Waals surface area contributed by atoms with E-state index in [-0.39, 0.29) is 30.8 Å². The van der Waals surface area contributed by atoms with E-state index in [0.29, 0.717) is 19.3 Å². The molecule has 2 amide bonds. The highest BCUT2D eigenvalue weighted by Crippen LogP contribution is 2.29. The molecule has 1 saturated heterocycles. The third-order valence-corrected chi connectivity index (χ3v) is 5.00. The van der Waals surface area contributed by atoms with Gasteiger partial charge in [0.2, 0.25) is 11.8 Å². The Hall–Kier alpha value is -2.21. The number of carbonyl (C=O) groups is 3. The van der Waals surface area contributed by atoms with E-state index in [9.17, 15) is 14.4 Å². The number of aryl methyl sites for hydroxylation is 1. The third-order valence-electron chi connectivity index (χ3n) is 5.00. The van der Waals surface area contributed by atoms with E-state index in [2.05, 4.69) is 5.32 Å². The van der Waals surface area contributed by atoms with Crippen LogP contribution < -0.4 is 11.1 Å². The van der Waals surface area contributed by atoms with Gasteiger partial charge in [-0.3, -0.25) is 14.4 Å². The van der Waals surface area contributed by atoms with Crippen LogP contribution in [0, 0.1) is 11.8 Å². The fourth-order valence-electron chi connectivity index (χ4n) is 3.03. The molecule has 0 aromatic heterocycles. The van der Waals surface area contributed by atoms with Gasteiger partial charge in [0.15, 0.2) is 5.78 Å². The Labute approximate surface area is 154 Å². The largest absolute Gasteiger partial charge is 0.369 e. The zero-order chi connectivity index (χ0) is 19.2. The van der Waals surface area contributed by atoms with Gasteiger partial charge < -0.3 is 15.8 Å². The van der Waals surface area contributed by atoms with Crippen molar-refractivity contribution in [3.8, 4) is 0 Å². The summed E-state index contributed by atoms with van der Waals surface area (Å²) in [7, 11) is 0. The Morgan fingerprint density at radius 1 is 1.35 bits per heavy atom. The Morgan fingerprint density at radius 2 is 2.04 bits per heavy atom. The zero-order valence-corrected chi connectivity index (χ0v) is 15.4. The predicted octanol–water partition coefficient (Wildman–Crippen LogP) is 1.57. The Morgan fingerprint density at radius 3 is 2.65 bits per heavy atom. The predicted molar refractivity (Wildman–Crippen MR) is 98.0 cm³/mol. The van der Waals surface area contributed by atoms with Crippen molar-refractivity contribution < 1.29 is 19.1 Å². The molecule has 3 atom stereocenters. The third kappa shape index (κ3) is 5.14. The van der Waals surface area contributed by atoms with Gasteiger partial charge in [0.1, 0.15) is 12.6 Å². The number of amides is 2. The number of rotatable bonds is 9. The van der Waals surface area contributed by atoms with Crippen molar-refractivity contribution in [2.45, 2.75) is 51.7 Å². The molecule has 1 fully saturated rings. The van der Waals surface area contributed by atoms with Crippen molar-refractivity contribution in [3.63, 3.8) is 0 Å². The van der Waals surface area contributed by atoms with Crippen LogP contribution in [0.4, 0.5) is 0 Å². The summed E-state index contributed by atoms with van der Waals surface area (Å²) < 4.78 is 5.35. The summed E-state index contributed by atoms with van der Waals surface area (Å²) in [6, 6.07) is 9.20. The number of ketones is 1. The zero-order valence-electron chi connectivity index (χ0n) is 15.4. The smallest absolute Gasteiger partial charge is 0.224 e. The van der Waals surface area contributed by atoms with Crippen LogP contribution in [0.3, 0.4) is 0 Å². The van der Waals surface area contributed by atoms with Crippen LogP contribution in [0.1, 0.15) is 38.7 Å². The maximum atomic E-state index is 12.2. The van der Waals surface area contributed by atoms with Gasteiger partial charge in [-0.2, -0.15) is 0 Å². The molecule has 6 heteroatoms. The van der Waals surface area contributed by atoms with Gasteiger partial charge in [-0.25, -0.2) is 0 Å². The molecule has 1 radical (unpaired) electrons. The van der Waals surface area contributed by atoms with Crippen LogP contribution in [-0.4, -0.2) is 36.4 Å². The molecule has 0 saturated carbocycles. The molecule has 0 spiro atoms. The second-order valence-electron chi connectivity index (χ2n) is 7.03. The fraction of sp³-hybridized carbons (Fsp3) is 0.500. The normalized spacial score (nSPS) is 22.0. The van der Waals surface area contributed by atoms with E-state index >= 15 is 0 Å². The van der Waals surface area contributed by atoms with E-state index in [0.717, 1.165) is 5.56 Å². The van der Waals surface area contributed by atoms with Gasteiger partial charge in [0.05, 0.1) is 12.5 Å². The van der Waals surface area contributed by atoms with Gasteiger partial charge in [-0.15, -0.1) is 0 Å². The van der Waals surface area contributed by atoms with Crippen LogP contribution in [0.2, 0.25) is 0 Å². The number of nitrogens with one attached hydrogen (secondary N) is 1. The number of nitrogens with two attached hydrogens (primary N) is 1. The number of hydrogen-bond donors (Lipinski definition) is 2. The number of benzene rings is 1. The highest BCUT2D eigenvalue weighted by molar-refractivity contribution is 5.94. The van der Waals surface area contributed by atoms with E-state index in [1.165, 1.54) is 6.42 Å². The van der Waals surface area contributed by atoms with Crippen molar-refractivity contribution in [1.82, 2.24) is 5.32 Å². The van der Waals surface area contributed by atoms with Crippen LogP contribution in [0.25, 0.3) is 0 Å². The molecule has 1 aromatic rings. The van der Waals surface area contributed by atoms with Crippen LogP contribution >= 0.6 is 0 Å². The minimum atomic E-state index is -0.826. The fourth-order valence-corrected chi connectivity index (χ4v) is 3.03. The average molecular weight is 359 g/mol. The summed E-state index contributed by atoms with van der Waals surface area (Å²) in [5.41, 5.74) is 5.87. The van der Waals surface area contributed by atoms with Crippen LogP contribution in [0.15, 0.2) is 30.3 Å². The Kier molecular flexibility index (Phi) is 6.91. The first kappa shape index (κ1) is 20.1. The minimum absolute atomic E-state index is 0.0273. The molecule has 1 aliphatic heterocycles. The summed E-state index contributed by atoms with van der Waals surface area (Å²) in [6.07, 6.45) is 3.22. The van der Waals surface area contributed by atoms with Crippen molar-refractivity contribution in [2.75, 3.05) is 6.61 Å². The van der Waals surface area contributed by atoms with Crippen molar-refractivity contribution in [2.24, 2.45) is 11.1 Å². The molecule has 3 N–H and O–H groups in total. The quantitative estimate of drug-likeness (QED) is 0.699. The monoisotopic (exact) mass is 359 g/mol. The Bertz CT molecular complexity index is 646. The van der Waals surface area contributed by atoms with Crippen molar-refractivity contribution in [1.29, 1.82) is 0 Å². The molecular weight excluding hydrogens is 332 g/mol. The molecule has 26 heavy (non-hydrogen) atoms. The molecule has 0 aliphatic carbocycles. The number of carbonyl (C=O) groups excluding carboxylic acids is 3. The first-order valence-corrected chi connectivity index (χ1v) is 8.97. The summed E-state index contributed by atoms with van der Waals surface area (Å²) in [5.74, 6) is -0.941. The van der Waals surface area contributed by atoms with Gasteiger partial charge in [0, 0.05) is 5.41 Å². The van der Waals surface area contributed by atoms with Crippen LogP contribution in [0.5, 0.6) is 0 Å². The standard InChI is InChI=1S/C20H27N2O4/c1-3-16-18(15(23)13-26-16)22-17(24)10-12-20(2,19(21)25)11-9-14-7-5-4-6-8-14/h4-8,10,16,18H,3,9,11-13H2,1-2H3,(H2,21,25)(H,22,24). The van der Waals surface area contributed by atoms with Crippen LogP contribution in [-0.2, 0) is 25.5 Å². The highest BCUT2D eigenvalue weighted by Gasteiger charge is 2.36. The molecule has 3 unspecified atom stereocenters. The lowest BCUT2D eigenvalue weighted by Crippen LogP contribution is -2.45. The second kappa shape index (κ2) is 8.94. The van der Waals surface area contributed by atoms with Crippen molar-refractivity contribution >= 4 is 17.6 Å². The Balaban J connectivity index is 1.89. The van der Waals surface area contributed by atoms with E-state index in [4.69, 9.17) is 10.5 Å². The lowest BCUT2D eigenvalue weighted by atomic mass is 9.79. The summed E-state index contributed by atoms with van der Waals surface area (Å²) in [6.45, 7) is 3.69. The maximum Gasteiger partial charge on any atom is 0.224 e. The molecule has 141 valence electrons. The second-order valence-corrected chi connectivity index (χ2v) is 7.03. The number of hydrogen-bond acceptors (Lipinski definition) is 4. The van der Waals surface area contributed by atoms with Gasteiger partial charge >= 0.3 is 0 Å².